The summed E-state index contributed by atoms with van der Waals surface area (Å²) in [6.07, 6.45) is 0. The third-order valence-electron chi connectivity index (χ3n) is 3.94. The van der Waals surface area contributed by atoms with E-state index in [-0.39, 0.29) is 11.1 Å². The van der Waals surface area contributed by atoms with Crippen LogP contribution in [0.2, 0.25) is 0 Å². The first-order valence-corrected chi connectivity index (χ1v) is 7.33. The molecule has 0 fully saturated rings. The second-order valence-corrected chi connectivity index (χ2v) is 5.52. The van der Waals surface area contributed by atoms with Crippen LogP contribution in [0.25, 0.3) is 0 Å². The Bertz CT molecular complexity index is 873. The van der Waals surface area contributed by atoms with Gasteiger partial charge in [0.2, 0.25) is 5.82 Å². The summed E-state index contributed by atoms with van der Waals surface area (Å²) >= 11 is 0. The molecule has 0 atom stereocenters. The highest BCUT2D eigenvalue weighted by atomic mass is 19.2. The van der Waals surface area contributed by atoms with Crippen molar-refractivity contribution in [2.24, 2.45) is 0 Å². The van der Waals surface area contributed by atoms with Gasteiger partial charge in [-0.25, -0.2) is 30.7 Å². The van der Waals surface area contributed by atoms with E-state index >= 15 is 0 Å². The largest absolute Gasteiger partial charge is 0.207 e. The fourth-order valence-electron chi connectivity index (χ4n) is 2.71. The molecule has 0 aliphatic carbocycles. The lowest BCUT2D eigenvalue weighted by molar-refractivity contribution is 0.369. The minimum atomic E-state index is -2.28. The van der Waals surface area contributed by atoms with Crippen LogP contribution in [0.15, 0.2) is 48.5 Å². The van der Waals surface area contributed by atoms with Gasteiger partial charge in [0.1, 0.15) is 11.6 Å². The van der Waals surface area contributed by atoms with Gasteiger partial charge in [-0.3, -0.25) is 0 Å². The number of hydrogen-bond donors (Lipinski definition) is 0. The molecule has 3 aromatic carbocycles. The topological polar surface area (TPSA) is 0 Å². The van der Waals surface area contributed by atoms with E-state index in [1.165, 1.54) is 0 Å². The van der Waals surface area contributed by atoms with Crippen LogP contribution in [0.3, 0.4) is 0 Å². The zero-order valence-corrected chi connectivity index (χ0v) is 12.8. The van der Waals surface area contributed by atoms with E-state index in [1.54, 1.807) is 0 Å². The fourth-order valence-corrected chi connectivity index (χ4v) is 2.71. The van der Waals surface area contributed by atoms with Crippen molar-refractivity contribution < 1.29 is 30.7 Å². The van der Waals surface area contributed by atoms with Crippen molar-refractivity contribution in [3.8, 4) is 0 Å². The lowest BCUT2D eigenvalue weighted by Crippen LogP contribution is -2.14. The highest BCUT2D eigenvalue weighted by Gasteiger charge is 2.32. The third-order valence-corrected chi connectivity index (χ3v) is 3.94. The predicted octanol–water partition coefficient (Wildman–Crippen LogP) is 5.84. The van der Waals surface area contributed by atoms with Gasteiger partial charge in [-0.2, -0.15) is 0 Å². The summed E-state index contributed by atoms with van der Waals surface area (Å²) in [7, 11) is 0. The van der Waals surface area contributed by atoms with Crippen LogP contribution < -0.4 is 0 Å². The zero-order valence-electron chi connectivity index (χ0n) is 12.8. The molecule has 3 rings (SSSR count). The monoisotopic (exact) mass is 370 g/mol. The number of benzene rings is 3. The molecule has 0 amide bonds. The van der Waals surface area contributed by atoms with E-state index in [0.717, 1.165) is 48.5 Å². The minimum absolute atomic E-state index is 0.0706. The van der Waals surface area contributed by atoms with Crippen LogP contribution in [-0.2, 0) is 0 Å². The van der Waals surface area contributed by atoms with Gasteiger partial charge in [0.15, 0.2) is 23.3 Å². The second-order valence-electron chi connectivity index (χ2n) is 5.52. The first kappa shape index (κ1) is 18.0. The Hall–Kier alpha value is -2.83. The van der Waals surface area contributed by atoms with E-state index in [2.05, 4.69) is 0 Å². The smallest absolute Gasteiger partial charge is 0.200 e. The summed E-state index contributed by atoms with van der Waals surface area (Å²) < 4.78 is 95.6. The Kier molecular flexibility index (Phi) is 4.71. The molecular weight excluding hydrogens is 361 g/mol. The maximum Gasteiger partial charge on any atom is 0.200 e. The summed E-state index contributed by atoms with van der Waals surface area (Å²) in [6.45, 7) is 0. The van der Waals surface area contributed by atoms with Gasteiger partial charge in [-0.1, -0.05) is 24.3 Å². The molecule has 0 spiro atoms. The molecule has 0 saturated carbocycles. The zero-order chi connectivity index (χ0) is 19.0. The van der Waals surface area contributed by atoms with Crippen LogP contribution in [0, 0.1) is 40.7 Å². The molecule has 0 N–H and O–H groups in total. The van der Waals surface area contributed by atoms with Gasteiger partial charge >= 0.3 is 0 Å². The van der Waals surface area contributed by atoms with E-state index in [0.29, 0.717) is 0 Å². The quantitative estimate of drug-likeness (QED) is 0.235. The lowest BCUT2D eigenvalue weighted by Gasteiger charge is -2.21. The van der Waals surface area contributed by atoms with Crippen LogP contribution in [0.4, 0.5) is 30.7 Å². The molecule has 0 nitrogen and oxygen atoms in total. The number of halogens is 7. The van der Waals surface area contributed by atoms with Crippen molar-refractivity contribution in [3.63, 3.8) is 0 Å². The van der Waals surface area contributed by atoms with Crippen LogP contribution in [0.1, 0.15) is 22.6 Å². The molecule has 134 valence electrons. The minimum Gasteiger partial charge on any atom is -0.207 e. The molecule has 0 unspecified atom stereocenters. The summed E-state index contributed by atoms with van der Waals surface area (Å²) in [5.74, 6) is -13.2. The molecule has 0 saturated heterocycles. The third kappa shape index (κ3) is 3.05. The maximum absolute atomic E-state index is 14.3. The molecule has 0 aliphatic rings. The Morgan fingerprint density at radius 1 is 0.423 bits per heavy atom. The molecular formula is C19H9F7. The van der Waals surface area contributed by atoms with Crippen molar-refractivity contribution in [1.82, 2.24) is 0 Å². The average molecular weight is 370 g/mol. The molecule has 0 bridgehead atoms. The molecule has 0 radical (unpaired) electrons. The van der Waals surface area contributed by atoms with E-state index < -0.39 is 52.2 Å². The van der Waals surface area contributed by atoms with Gasteiger partial charge < -0.3 is 0 Å². The van der Waals surface area contributed by atoms with Crippen molar-refractivity contribution in [2.45, 2.75) is 5.92 Å². The Morgan fingerprint density at radius 3 is 1.08 bits per heavy atom. The van der Waals surface area contributed by atoms with E-state index in [4.69, 9.17) is 0 Å². The molecule has 0 heterocycles. The Morgan fingerprint density at radius 2 is 0.731 bits per heavy atom. The highest BCUT2D eigenvalue weighted by molar-refractivity contribution is 5.45. The molecule has 26 heavy (non-hydrogen) atoms. The van der Waals surface area contributed by atoms with Gasteiger partial charge in [0.25, 0.3) is 0 Å². The van der Waals surface area contributed by atoms with Crippen LogP contribution in [0.5, 0.6) is 0 Å². The first-order chi connectivity index (χ1) is 12.3. The van der Waals surface area contributed by atoms with E-state index in [9.17, 15) is 30.7 Å². The SMILES string of the molecule is Fc1ccc(C(c2ccc(F)cc2)c2c(F)c(F)c(F)c(F)c2F)cc1. The summed E-state index contributed by atoms with van der Waals surface area (Å²) in [5, 5.41) is 0. The van der Waals surface area contributed by atoms with Crippen molar-refractivity contribution in [2.75, 3.05) is 0 Å². The Balaban J connectivity index is 2.32. The molecule has 0 aliphatic heterocycles. The summed E-state index contributed by atoms with van der Waals surface area (Å²) in [6, 6.07) is 8.55. The lowest BCUT2D eigenvalue weighted by atomic mass is 9.84. The molecule has 0 aromatic heterocycles. The number of rotatable bonds is 3. The van der Waals surface area contributed by atoms with Crippen LogP contribution >= 0.6 is 0 Å². The number of hydrogen-bond acceptors (Lipinski definition) is 0. The first-order valence-electron chi connectivity index (χ1n) is 7.33. The fraction of sp³-hybridized carbons (Fsp3) is 0.0526. The van der Waals surface area contributed by atoms with Gasteiger partial charge in [-0.05, 0) is 35.4 Å². The normalized spacial score (nSPS) is 11.2. The second kappa shape index (κ2) is 6.82. The van der Waals surface area contributed by atoms with Crippen molar-refractivity contribution in [3.05, 3.63) is 106 Å². The van der Waals surface area contributed by atoms with Crippen LogP contribution in [-0.4, -0.2) is 0 Å². The summed E-state index contributed by atoms with van der Waals surface area (Å²) in [4.78, 5) is 0. The summed E-state index contributed by atoms with van der Waals surface area (Å²) in [5.41, 5.74) is -0.956. The van der Waals surface area contributed by atoms with Crippen molar-refractivity contribution in [1.29, 1.82) is 0 Å². The van der Waals surface area contributed by atoms with Gasteiger partial charge in [0.05, 0.1) is 0 Å². The van der Waals surface area contributed by atoms with Gasteiger partial charge in [0, 0.05) is 11.5 Å². The Labute approximate surface area is 143 Å². The average Bonchev–Trinajstić information content (AvgIpc) is 2.64. The van der Waals surface area contributed by atoms with Crippen molar-refractivity contribution >= 4 is 0 Å². The van der Waals surface area contributed by atoms with Gasteiger partial charge in [-0.15, -0.1) is 0 Å². The van der Waals surface area contributed by atoms with E-state index in [1.807, 2.05) is 0 Å². The molecule has 3 aromatic rings. The maximum atomic E-state index is 14.3. The highest BCUT2D eigenvalue weighted by Crippen LogP contribution is 2.37. The standard InChI is InChI=1S/C19H9F7/c20-11-5-1-9(2-6-11)13(10-3-7-12(21)8-4-10)14-15(22)17(24)19(26)18(25)16(14)23/h1-8,13H. The molecule has 7 heteroatoms. The predicted molar refractivity (Wildman–Crippen MR) is 80.0 cm³/mol.